The number of rotatable bonds is 10. The zero-order valence-electron chi connectivity index (χ0n) is 36.7. The van der Waals surface area contributed by atoms with Crippen molar-refractivity contribution in [3.8, 4) is 113 Å². The van der Waals surface area contributed by atoms with E-state index in [2.05, 4.69) is 158 Å². The lowest BCUT2D eigenvalue weighted by molar-refractivity contribution is 1.07. The van der Waals surface area contributed by atoms with Gasteiger partial charge in [0.2, 0.25) is 0 Å². The summed E-state index contributed by atoms with van der Waals surface area (Å²) in [4.78, 5) is 30.5. The molecule has 316 valence electrons. The predicted molar refractivity (Wildman–Crippen MR) is 272 cm³/mol. The Bertz CT molecular complexity index is 3450. The third-order valence-corrected chi connectivity index (χ3v) is 11.9. The van der Waals surface area contributed by atoms with E-state index in [0.717, 1.165) is 95.1 Å². The fourth-order valence-corrected chi connectivity index (χ4v) is 8.50. The minimum atomic E-state index is 0.596. The Labute approximate surface area is 390 Å². The highest BCUT2D eigenvalue weighted by Crippen LogP contribution is 2.41. The van der Waals surface area contributed by atoms with E-state index in [1.807, 2.05) is 85.8 Å². The normalized spacial score (nSPS) is 11.1. The van der Waals surface area contributed by atoms with E-state index in [1.165, 1.54) is 0 Å². The molecule has 6 nitrogen and oxygen atoms in total. The Hall–Kier alpha value is -9.00. The Balaban J connectivity index is 1.04. The lowest BCUT2D eigenvalue weighted by atomic mass is 9.88. The van der Waals surface area contributed by atoms with Gasteiger partial charge in [0, 0.05) is 44.6 Å². The molecular weight excluding hydrogens is 817 g/mol. The van der Waals surface area contributed by atoms with Crippen LogP contribution in [0.4, 0.5) is 0 Å². The Morgan fingerprint density at radius 1 is 0.209 bits per heavy atom. The molecule has 3 heterocycles. The molecule has 0 N–H and O–H groups in total. The zero-order chi connectivity index (χ0) is 44.9. The molecule has 0 radical (unpaired) electrons. The van der Waals surface area contributed by atoms with Crippen LogP contribution in [0.1, 0.15) is 5.69 Å². The highest BCUT2D eigenvalue weighted by molar-refractivity contribution is 5.94. The molecule has 67 heavy (non-hydrogen) atoms. The molecule has 11 aromatic rings. The van der Waals surface area contributed by atoms with E-state index in [9.17, 15) is 0 Å². The maximum atomic E-state index is 5.26. The van der Waals surface area contributed by atoms with Gasteiger partial charge in [-0.25, -0.2) is 24.9 Å². The molecule has 11 rings (SSSR count). The summed E-state index contributed by atoms with van der Waals surface area (Å²) >= 11 is 0. The fourth-order valence-electron chi connectivity index (χ4n) is 8.50. The molecule has 0 saturated heterocycles. The molecule has 6 heteroatoms. The summed E-state index contributed by atoms with van der Waals surface area (Å²) in [5.41, 5.74) is 16.7. The van der Waals surface area contributed by atoms with E-state index >= 15 is 0 Å². The van der Waals surface area contributed by atoms with Crippen LogP contribution in [-0.2, 0) is 0 Å². The summed E-state index contributed by atoms with van der Waals surface area (Å²) in [6.45, 7) is 2.03. The van der Waals surface area contributed by atoms with E-state index in [4.69, 9.17) is 29.9 Å². The first-order valence-corrected chi connectivity index (χ1v) is 22.4. The van der Waals surface area contributed by atoms with E-state index in [0.29, 0.717) is 23.3 Å². The number of aryl methyl sites for hydroxylation is 1. The second-order valence-corrected chi connectivity index (χ2v) is 16.4. The predicted octanol–water partition coefficient (Wildman–Crippen LogP) is 15.0. The van der Waals surface area contributed by atoms with Crippen molar-refractivity contribution in [3.63, 3.8) is 0 Å². The average molecular weight is 859 g/mol. The number of pyridine rings is 1. The van der Waals surface area contributed by atoms with Gasteiger partial charge < -0.3 is 0 Å². The summed E-state index contributed by atoms with van der Waals surface area (Å²) in [5.74, 6) is 2.49. The number of hydrogen-bond donors (Lipinski definition) is 0. The van der Waals surface area contributed by atoms with Gasteiger partial charge in [0.1, 0.15) is 0 Å². The first-order chi connectivity index (χ1) is 33.1. The van der Waals surface area contributed by atoms with E-state index < -0.39 is 0 Å². The molecule has 0 atom stereocenters. The van der Waals surface area contributed by atoms with Crippen LogP contribution in [0.5, 0.6) is 0 Å². The van der Waals surface area contributed by atoms with Gasteiger partial charge in [-0.3, -0.25) is 4.98 Å². The van der Waals surface area contributed by atoms with Crippen LogP contribution >= 0.6 is 0 Å². The minimum absolute atomic E-state index is 0.596. The SMILES string of the molecule is Cc1cccc(-c2ccc(-c3ccc(-c4nc(-c5ccccc5)nc(-c5cccc(-c6ccccc6)c5)n4)cc3)c(-c3ccccc3-c3cc(-c4ccccc4)nc(-c4ccccc4)n3)c2)n1. The van der Waals surface area contributed by atoms with Crippen molar-refractivity contribution in [2.45, 2.75) is 6.92 Å². The highest BCUT2D eigenvalue weighted by atomic mass is 15.0. The molecule has 0 aliphatic heterocycles. The molecule has 0 bridgehead atoms. The van der Waals surface area contributed by atoms with Crippen molar-refractivity contribution >= 4 is 0 Å². The lowest BCUT2D eigenvalue weighted by Gasteiger charge is -2.17. The molecule has 0 aliphatic rings. The van der Waals surface area contributed by atoms with Crippen LogP contribution < -0.4 is 0 Å². The Kier molecular flexibility index (Phi) is 11.1. The molecule has 0 fully saturated rings. The summed E-state index contributed by atoms with van der Waals surface area (Å²) in [7, 11) is 0. The van der Waals surface area contributed by atoms with Gasteiger partial charge in [0.15, 0.2) is 23.3 Å². The Morgan fingerprint density at radius 2 is 0.672 bits per heavy atom. The lowest BCUT2D eigenvalue weighted by Crippen LogP contribution is -2.00. The maximum absolute atomic E-state index is 5.26. The average Bonchev–Trinajstić information content (AvgIpc) is 3.41. The van der Waals surface area contributed by atoms with E-state index in [1.54, 1.807) is 0 Å². The minimum Gasteiger partial charge on any atom is -0.253 e. The molecule has 3 aromatic heterocycles. The van der Waals surface area contributed by atoms with Gasteiger partial charge in [0.05, 0.1) is 17.1 Å². The van der Waals surface area contributed by atoms with Gasteiger partial charge in [-0.1, -0.05) is 206 Å². The van der Waals surface area contributed by atoms with Crippen molar-refractivity contribution in [1.29, 1.82) is 0 Å². The summed E-state index contributed by atoms with van der Waals surface area (Å²) in [5, 5.41) is 0. The summed E-state index contributed by atoms with van der Waals surface area (Å²) < 4.78 is 0. The molecule has 0 spiro atoms. The zero-order valence-corrected chi connectivity index (χ0v) is 36.7. The smallest absolute Gasteiger partial charge is 0.164 e. The van der Waals surface area contributed by atoms with Gasteiger partial charge in [-0.15, -0.1) is 0 Å². The van der Waals surface area contributed by atoms with Crippen molar-refractivity contribution in [2.24, 2.45) is 0 Å². The van der Waals surface area contributed by atoms with Crippen molar-refractivity contribution < 1.29 is 0 Å². The van der Waals surface area contributed by atoms with Crippen LogP contribution in [0.2, 0.25) is 0 Å². The molecule has 8 aromatic carbocycles. The number of aromatic nitrogens is 6. The van der Waals surface area contributed by atoms with Gasteiger partial charge >= 0.3 is 0 Å². The first-order valence-electron chi connectivity index (χ1n) is 22.4. The standard InChI is InChI=1S/C61H42N6/c1-41-18-16-31-55(62-41)49-36-37-51(54(39-49)52-29-14-15-30-53(52)57-40-56(44-21-8-3-9-22-44)63-58(64-57)45-23-10-4-11-24-45)43-32-34-47(35-33-43)60-65-59(46-25-12-5-13-26-46)66-61(67-60)50-28-17-27-48(38-50)42-19-6-2-7-20-42/h2-40H,1H3. The maximum Gasteiger partial charge on any atom is 0.164 e. The third kappa shape index (κ3) is 8.67. The molecule has 0 saturated carbocycles. The number of benzene rings is 8. The van der Waals surface area contributed by atoms with Crippen LogP contribution in [-0.4, -0.2) is 29.9 Å². The van der Waals surface area contributed by atoms with Crippen molar-refractivity contribution in [1.82, 2.24) is 29.9 Å². The quantitative estimate of drug-likeness (QED) is 0.136. The van der Waals surface area contributed by atoms with Gasteiger partial charge in [0.25, 0.3) is 0 Å². The largest absolute Gasteiger partial charge is 0.253 e. The van der Waals surface area contributed by atoms with Crippen LogP contribution in [0.3, 0.4) is 0 Å². The molecule has 0 amide bonds. The molecular formula is C61H42N6. The number of hydrogen-bond acceptors (Lipinski definition) is 6. The van der Waals surface area contributed by atoms with Crippen LogP contribution in [0, 0.1) is 6.92 Å². The number of nitrogens with zero attached hydrogens (tertiary/aromatic N) is 6. The van der Waals surface area contributed by atoms with Crippen LogP contribution in [0.15, 0.2) is 237 Å². The third-order valence-electron chi connectivity index (χ3n) is 11.9. The van der Waals surface area contributed by atoms with Gasteiger partial charge in [-0.05, 0) is 70.6 Å². The monoisotopic (exact) mass is 858 g/mol. The first kappa shape index (κ1) is 40.8. The Morgan fingerprint density at radius 3 is 1.31 bits per heavy atom. The van der Waals surface area contributed by atoms with Crippen molar-refractivity contribution in [2.75, 3.05) is 0 Å². The van der Waals surface area contributed by atoms with E-state index in [-0.39, 0.29) is 0 Å². The summed E-state index contributed by atoms with van der Waals surface area (Å²) in [6, 6.07) is 81.3. The molecule has 0 aliphatic carbocycles. The molecule has 0 unspecified atom stereocenters. The topological polar surface area (TPSA) is 77.3 Å². The second kappa shape index (κ2) is 18.2. The van der Waals surface area contributed by atoms with Crippen LogP contribution in [0.25, 0.3) is 113 Å². The second-order valence-electron chi connectivity index (χ2n) is 16.4. The summed E-state index contributed by atoms with van der Waals surface area (Å²) in [6.07, 6.45) is 0. The van der Waals surface area contributed by atoms with Crippen molar-refractivity contribution in [3.05, 3.63) is 242 Å². The van der Waals surface area contributed by atoms with Gasteiger partial charge in [-0.2, -0.15) is 0 Å². The highest BCUT2D eigenvalue weighted by Gasteiger charge is 2.19. The fraction of sp³-hybridized carbons (Fsp3) is 0.0164.